The Kier molecular flexibility index (Phi) is 7.42. The molecule has 30 heavy (non-hydrogen) atoms. The van der Waals surface area contributed by atoms with Crippen LogP contribution in [0.25, 0.3) is 6.08 Å². The highest BCUT2D eigenvalue weighted by Crippen LogP contribution is 2.34. The van der Waals surface area contributed by atoms with Crippen LogP contribution in [0.15, 0.2) is 47.6 Å². The van der Waals surface area contributed by atoms with E-state index in [1.807, 2.05) is 6.07 Å². The Labute approximate surface area is 184 Å². The number of nitrogens with zero attached hydrogens (tertiary/aromatic N) is 2. The van der Waals surface area contributed by atoms with Crippen molar-refractivity contribution >= 4 is 51.9 Å². The van der Waals surface area contributed by atoms with Gasteiger partial charge in [-0.05, 0) is 42.3 Å². The van der Waals surface area contributed by atoms with Gasteiger partial charge >= 0.3 is 0 Å². The van der Waals surface area contributed by atoms with Gasteiger partial charge in [-0.25, -0.2) is 0 Å². The van der Waals surface area contributed by atoms with Gasteiger partial charge in [0.2, 0.25) is 5.91 Å². The molecule has 0 saturated carbocycles. The minimum absolute atomic E-state index is 0.130. The van der Waals surface area contributed by atoms with E-state index in [0.717, 1.165) is 5.56 Å². The van der Waals surface area contributed by atoms with Crippen LogP contribution >= 0.6 is 24.0 Å². The Balaban J connectivity index is 1.58. The third-order valence-electron chi connectivity index (χ3n) is 4.31. The first kappa shape index (κ1) is 21.8. The molecule has 1 fully saturated rings. The smallest absolute Gasteiger partial charge is 0.266 e. The number of rotatable bonds is 8. The van der Waals surface area contributed by atoms with Crippen molar-refractivity contribution in [2.45, 2.75) is 12.8 Å². The number of pyridine rings is 1. The minimum atomic E-state index is -0.160. The first-order chi connectivity index (χ1) is 14.5. The number of amides is 2. The molecule has 0 aliphatic carbocycles. The molecule has 0 spiro atoms. The molecule has 7 nitrogen and oxygen atoms in total. The van der Waals surface area contributed by atoms with Gasteiger partial charge in [-0.15, -0.1) is 0 Å². The molecular formula is C21H21N3O4S2. The molecule has 1 saturated heterocycles. The lowest BCUT2D eigenvalue weighted by Crippen LogP contribution is -2.29. The zero-order chi connectivity index (χ0) is 21.5. The van der Waals surface area contributed by atoms with Gasteiger partial charge in [-0.1, -0.05) is 30.0 Å². The van der Waals surface area contributed by atoms with Gasteiger partial charge in [-0.2, -0.15) is 0 Å². The predicted octanol–water partition coefficient (Wildman–Crippen LogP) is 3.72. The Bertz CT molecular complexity index is 979. The van der Waals surface area contributed by atoms with Gasteiger partial charge in [0.1, 0.15) is 4.32 Å². The molecule has 1 aliphatic rings. The van der Waals surface area contributed by atoms with Crippen molar-refractivity contribution in [3.63, 3.8) is 0 Å². The number of hydrogen-bond donors (Lipinski definition) is 1. The van der Waals surface area contributed by atoms with Crippen molar-refractivity contribution < 1.29 is 19.1 Å². The number of carbonyl (C=O) groups excluding carboxylic acids is 2. The fourth-order valence-electron chi connectivity index (χ4n) is 2.84. The summed E-state index contributed by atoms with van der Waals surface area (Å²) in [6, 6.07) is 8.95. The highest BCUT2D eigenvalue weighted by atomic mass is 32.2. The van der Waals surface area contributed by atoms with Gasteiger partial charge in [0, 0.05) is 19.2 Å². The lowest BCUT2D eigenvalue weighted by molar-refractivity contribution is -0.122. The second-order valence-corrected chi connectivity index (χ2v) is 8.02. The van der Waals surface area contributed by atoms with Crippen LogP contribution in [0.4, 0.5) is 5.69 Å². The van der Waals surface area contributed by atoms with E-state index in [0.29, 0.717) is 39.4 Å². The maximum absolute atomic E-state index is 12.7. The van der Waals surface area contributed by atoms with E-state index in [1.165, 1.54) is 16.7 Å². The average molecular weight is 444 g/mol. The molecule has 1 aliphatic heterocycles. The summed E-state index contributed by atoms with van der Waals surface area (Å²) in [7, 11) is 3.13. The number of anilines is 1. The number of ether oxygens (including phenoxy) is 2. The van der Waals surface area contributed by atoms with Crippen molar-refractivity contribution in [2.75, 3.05) is 26.1 Å². The number of aromatic nitrogens is 1. The van der Waals surface area contributed by atoms with Crippen LogP contribution in [0, 0.1) is 0 Å². The van der Waals surface area contributed by atoms with Crippen molar-refractivity contribution in [3.8, 4) is 11.5 Å². The average Bonchev–Trinajstić information content (AvgIpc) is 3.01. The van der Waals surface area contributed by atoms with Crippen LogP contribution in [-0.2, 0) is 9.59 Å². The predicted molar refractivity (Wildman–Crippen MR) is 122 cm³/mol. The summed E-state index contributed by atoms with van der Waals surface area (Å²) >= 11 is 6.61. The molecule has 1 N–H and O–H groups in total. The summed E-state index contributed by atoms with van der Waals surface area (Å²) in [5.74, 6) is 0.912. The zero-order valence-corrected chi connectivity index (χ0v) is 18.2. The van der Waals surface area contributed by atoms with Crippen LogP contribution in [-0.4, -0.2) is 46.8 Å². The van der Waals surface area contributed by atoms with E-state index in [2.05, 4.69) is 10.3 Å². The van der Waals surface area contributed by atoms with E-state index in [1.54, 1.807) is 57.0 Å². The van der Waals surface area contributed by atoms with Gasteiger partial charge in [0.05, 0.1) is 31.0 Å². The Morgan fingerprint density at radius 3 is 2.77 bits per heavy atom. The zero-order valence-electron chi connectivity index (χ0n) is 16.6. The fourth-order valence-corrected chi connectivity index (χ4v) is 4.15. The molecule has 2 aromatic rings. The van der Waals surface area contributed by atoms with Crippen molar-refractivity contribution in [1.29, 1.82) is 0 Å². The minimum Gasteiger partial charge on any atom is -0.493 e. The van der Waals surface area contributed by atoms with E-state index < -0.39 is 0 Å². The normalized spacial score (nSPS) is 14.9. The van der Waals surface area contributed by atoms with E-state index in [9.17, 15) is 9.59 Å². The number of methoxy groups -OCH3 is 2. The second kappa shape index (κ2) is 10.2. The van der Waals surface area contributed by atoms with Crippen LogP contribution in [0.5, 0.6) is 11.5 Å². The Hall–Kier alpha value is -2.91. The topological polar surface area (TPSA) is 80.8 Å². The Morgan fingerprint density at radius 1 is 1.27 bits per heavy atom. The summed E-state index contributed by atoms with van der Waals surface area (Å²) in [4.78, 5) is 30.8. The number of nitrogens with one attached hydrogen (secondary N) is 1. The molecule has 9 heteroatoms. The molecule has 3 rings (SSSR count). The molecular weight excluding hydrogens is 422 g/mol. The summed E-state index contributed by atoms with van der Waals surface area (Å²) in [6.45, 7) is 0.383. The van der Waals surface area contributed by atoms with Crippen molar-refractivity contribution in [2.24, 2.45) is 0 Å². The largest absolute Gasteiger partial charge is 0.493 e. The molecule has 0 bridgehead atoms. The quantitative estimate of drug-likeness (QED) is 0.492. The van der Waals surface area contributed by atoms with Gasteiger partial charge in [0.15, 0.2) is 11.5 Å². The van der Waals surface area contributed by atoms with Crippen molar-refractivity contribution in [1.82, 2.24) is 9.88 Å². The molecule has 0 atom stereocenters. The third kappa shape index (κ3) is 5.37. The lowest BCUT2D eigenvalue weighted by Gasteiger charge is -2.14. The summed E-state index contributed by atoms with van der Waals surface area (Å²) in [5, 5.41) is 2.77. The van der Waals surface area contributed by atoms with E-state index >= 15 is 0 Å². The van der Waals surface area contributed by atoms with Gasteiger partial charge < -0.3 is 14.8 Å². The molecule has 1 aromatic carbocycles. The van der Waals surface area contributed by atoms with Gasteiger partial charge in [0.25, 0.3) is 5.91 Å². The maximum Gasteiger partial charge on any atom is 0.266 e. The van der Waals surface area contributed by atoms with E-state index in [-0.39, 0.29) is 18.2 Å². The maximum atomic E-state index is 12.7. The number of benzene rings is 1. The molecule has 156 valence electrons. The first-order valence-corrected chi connectivity index (χ1v) is 10.4. The van der Waals surface area contributed by atoms with E-state index in [4.69, 9.17) is 21.7 Å². The van der Waals surface area contributed by atoms with Gasteiger partial charge in [-0.3, -0.25) is 19.5 Å². The summed E-state index contributed by atoms with van der Waals surface area (Å²) in [5.41, 5.74) is 1.45. The third-order valence-corrected chi connectivity index (χ3v) is 5.69. The highest BCUT2D eigenvalue weighted by molar-refractivity contribution is 8.26. The monoisotopic (exact) mass is 443 g/mol. The molecule has 1 aromatic heterocycles. The molecule has 0 radical (unpaired) electrons. The molecule has 2 heterocycles. The summed E-state index contributed by atoms with van der Waals surface area (Å²) in [6.07, 6.45) is 5.78. The molecule has 0 unspecified atom stereocenters. The van der Waals surface area contributed by atoms with Crippen molar-refractivity contribution in [3.05, 3.63) is 53.2 Å². The number of carbonyl (C=O) groups is 2. The van der Waals surface area contributed by atoms with Crippen LogP contribution in [0.1, 0.15) is 18.4 Å². The lowest BCUT2D eigenvalue weighted by atomic mass is 10.2. The Morgan fingerprint density at radius 2 is 2.07 bits per heavy atom. The van der Waals surface area contributed by atoms with Crippen LogP contribution in [0.3, 0.4) is 0 Å². The van der Waals surface area contributed by atoms with Crippen LogP contribution in [0.2, 0.25) is 0 Å². The number of thioether (sulfide) groups is 1. The standard InChI is InChI=1S/C21H21N3O4S2/c1-27-16-8-7-14(11-17(16)28-2)12-18-20(26)24(21(29)30-18)10-4-6-19(25)23-15-5-3-9-22-13-15/h3,5,7-9,11-13H,4,6,10H2,1-2H3,(H,23,25)/b18-12-. The summed E-state index contributed by atoms with van der Waals surface area (Å²) < 4.78 is 11.0. The second-order valence-electron chi connectivity index (χ2n) is 6.34. The first-order valence-electron chi connectivity index (χ1n) is 9.19. The fraction of sp³-hybridized carbons (Fsp3) is 0.238. The highest BCUT2D eigenvalue weighted by Gasteiger charge is 2.31. The molecule has 2 amide bonds. The number of thiocarbonyl (C=S) groups is 1. The number of hydrogen-bond acceptors (Lipinski definition) is 7. The SMILES string of the molecule is COc1ccc(/C=C2\SC(=S)N(CCCC(=O)Nc3cccnc3)C2=O)cc1OC. The van der Waals surface area contributed by atoms with Crippen LogP contribution < -0.4 is 14.8 Å².